The number of nitrogens with one attached hydrogen (secondary N) is 1. The van der Waals surface area contributed by atoms with Crippen LogP contribution in [0.1, 0.15) is 12.8 Å². The molecule has 2 aliphatic rings. The molecule has 29 heavy (non-hydrogen) atoms. The Hall–Kier alpha value is -2.90. The number of piperazine rings is 1. The van der Waals surface area contributed by atoms with Crippen molar-refractivity contribution < 1.29 is 18.0 Å². The molecule has 2 heterocycles. The van der Waals surface area contributed by atoms with E-state index >= 15 is 0 Å². The third-order valence-electron chi connectivity index (χ3n) is 5.45. The Bertz CT molecular complexity index is 853. The molecule has 5 nitrogen and oxygen atoms in total. The highest BCUT2D eigenvalue weighted by Gasteiger charge is 2.24. The Morgan fingerprint density at radius 1 is 0.793 bits per heavy atom. The van der Waals surface area contributed by atoms with E-state index in [2.05, 4.69) is 10.2 Å². The lowest BCUT2D eigenvalue weighted by molar-refractivity contribution is 0.208. The lowest BCUT2D eigenvalue weighted by Gasteiger charge is -2.36. The number of anilines is 3. The molecule has 2 aromatic rings. The highest BCUT2D eigenvalue weighted by atomic mass is 19.1. The van der Waals surface area contributed by atoms with Crippen LogP contribution in [0.4, 0.5) is 35.0 Å². The van der Waals surface area contributed by atoms with Gasteiger partial charge in [-0.25, -0.2) is 18.0 Å². The Kier molecular flexibility index (Phi) is 5.51. The number of rotatable bonds is 3. The average Bonchev–Trinajstić information content (AvgIpc) is 3.22. The third kappa shape index (κ3) is 4.26. The quantitative estimate of drug-likeness (QED) is 0.839. The maximum Gasteiger partial charge on any atom is 0.321 e. The molecule has 0 aromatic heterocycles. The summed E-state index contributed by atoms with van der Waals surface area (Å²) in [5.74, 6) is -1.62. The lowest BCUT2D eigenvalue weighted by Crippen LogP contribution is -2.50. The predicted molar refractivity (Wildman–Crippen MR) is 107 cm³/mol. The summed E-state index contributed by atoms with van der Waals surface area (Å²) >= 11 is 0. The molecule has 0 bridgehead atoms. The molecule has 0 atom stereocenters. The molecule has 1 N–H and O–H groups in total. The monoisotopic (exact) mass is 404 g/mol. The third-order valence-corrected chi connectivity index (χ3v) is 5.45. The van der Waals surface area contributed by atoms with Gasteiger partial charge in [-0.1, -0.05) is 0 Å². The van der Waals surface area contributed by atoms with Crippen LogP contribution in [0.2, 0.25) is 0 Å². The SMILES string of the molecule is O=C(Nc1cc(F)c(N2CCCC2)c(F)c1)N1CCN(c2ccc(F)cc2)CC1. The molecule has 0 unspecified atom stereocenters. The van der Waals surface area contributed by atoms with E-state index in [0.717, 1.165) is 18.5 Å². The van der Waals surface area contributed by atoms with Crippen molar-refractivity contribution >= 4 is 23.1 Å². The first-order valence-corrected chi connectivity index (χ1v) is 9.82. The summed E-state index contributed by atoms with van der Waals surface area (Å²) in [4.78, 5) is 17.9. The molecule has 0 saturated carbocycles. The molecule has 2 fully saturated rings. The zero-order chi connectivity index (χ0) is 20.4. The minimum absolute atomic E-state index is 0.0200. The number of amides is 2. The van der Waals surface area contributed by atoms with Crippen LogP contribution in [0.5, 0.6) is 0 Å². The first-order valence-electron chi connectivity index (χ1n) is 9.82. The van der Waals surface area contributed by atoms with Gasteiger partial charge in [-0.2, -0.15) is 0 Å². The van der Waals surface area contributed by atoms with Gasteiger partial charge in [-0.05, 0) is 49.2 Å². The number of carbonyl (C=O) groups is 1. The Labute approximate surface area is 167 Å². The number of nitrogens with zero attached hydrogens (tertiary/aromatic N) is 3. The van der Waals surface area contributed by atoms with Gasteiger partial charge in [-0.15, -0.1) is 0 Å². The number of hydrogen-bond acceptors (Lipinski definition) is 3. The van der Waals surface area contributed by atoms with Crippen molar-refractivity contribution in [3.63, 3.8) is 0 Å². The molecule has 2 amide bonds. The Balaban J connectivity index is 1.37. The fraction of sp³-hybridized carbons (Fsp3) is 0.381. The first-order chi connectivity index (χ1) is 14.0. The molecule has 0 aliphatic carbocycles. The van der Waals surface area contributed by atoms with Crippen LogP contribution < -0.4 is 15.1 Å². The Morgan fingerprint density at radius 2 is 1.38 bits per heavy atom. The van der Waals surface area contributed by atoms with E-state index in [0.29, 0.717) is 39.3 Å². The van der Waals surface area contributed by atoms with Crippen LogP contribution in [0.3, 0.4) is 0 Å². The van der Waals surface area contributed by atoms with Crippen LogP contribution in [0.15, 0.2) is 36.4 Å². The molecule has 2 saturated heterocycles. The molecule has 154 valence electrons. The second-order valence-electron chi connectivity index (χ2n) is 7.36. The van der Waals surface area contributed by atoms with Crippen molar-refractivity contribution in [2.24, 2.45) is 0 Å². The van der Waals surface area contributed by atoms with Gasteiger partial charge in [0, 0.05) is 50.6 Å². The molecule has 8 heteroatoms. The highest BCUT2D eigenvalue weighted by Crippen LogP contribution is 2.30. The largest absolute Gasteiger partial charge is 0.368 e. The van der Waals surface area contributed by atoms with Gasteiger partial charge in [0.05, 0.1) is 0 Å². The van der Waals surface area contributed by atoms with E-state index in [1.54, 1.807) is 21.9 Å². The molecule has 2 aromatic carbocycles. The number of halogens is 3. The van der Waals surface area contributed by atoms with Crippen LogP contribution in [-0.4, -0.2) is 50.2 Å². The lowest BCUT2D eigenvalue weighted by atomic mass is 10.2. The maximum atomic E-state index is 14.4. The molecule has 4 rings (SSSR count). The van der Waals surface area contributed by atoms with E-state index in [1.807, 2.05) is 0 Å². The van der Waals surface area contributed by atoms with Gasteiger partial charge in [-0.3, -0.25) is 0 Å². The van der Waals surface area contributed by atoms with Gasteiger partial charge in [0.25, 0.3) is 0 Å². The molecule has 2 aliphatic heterocycles. The van der Waals surface area contributed by atoms with E-state index in [9.17, 15) is 18.0 Å². The second kappa shape index (κ2) is 8.23. The van der Waals surface area contributed by atoms with E-state index in [-0.39, 0.29) is 17.2 Å². The van der Waals surface area contributed by atoms with Crippen LogP contribution in [0.25, 0.3) is 0 Å². The topological polar surface area (TPSA) is 38.8 Å². The number of urea groups is 1. The maximum absolute atomic E-state index is 14.4. The summed E-state index contributed by atoms with van der Waals surface area (Å²) in [5.41, 5.74) is 0.982. The van der Waals surface area contributed by atoms with Crippen molar-refractivity contribution in [2.75, 3.05) is 54.4 Å². The zero-order valence-corrected chi connectivity index (χ0v) is 16.0. The summed E-state index contributed by atoms with van der Waals surface area (Å²) in [5, 5.41) is 2.59. The average molecular weight is 404 g/mol. The van der Waals surface area contributed by atoms with E-state index < -0.39 is 17.7 Å². The molecule has 0 spiro atoms. The number of carbonyl (C=O) groups excluding carboxylic acids is 1. The second-order valence-corrected chi connectivity index (χ2v) is 7.36. The fourth-order valence-electron chi connectivity index (χ4n) is 3.90. The molecular formula is C21H23F3N4O. The zero-order valence-electron chi connectivity index (χ0n) is 16.0. The number of hydrogen-bond donors (Lipinski definition) is 1. The van der Waals surface area contributed by atoms with Crippen molar-refractivity contribution in [3.05, 3.63) is 53.8 Å². The van der Waals surface area contributed by atoms with Crippen LogP contribution in [0, 0.1) is 17.5 Å². The summed E-state index contributed by atoms with van der Waals surface area (Å²) < 4.78 is 41.9. The molecule has 0 radical (unpaired) electrons. The minimum atomic E-state index is -0.664. The van der Waals surface area contributed by atoms with Gasteiger partial charge >= 0.3 is 6.03 Å². The van der Waals surface area contributed by atoms with Gasteiger partial charge in [0.1, 0.15) is 11.5 Å². The highest BCUT2D eigenvalue weighted by molar-refractivity contribution is 5.89. The van der Waals surface area contributed by atoms with Crippen molar-refractivity contribution in [2.45, 2.75) is 12.8 Å². The predicted octanol–water partition coefficient (Wildman–Crippen LogP) is 4.06. The smallest absolute Gasteiger partial charge is 0.321 e. The van der Waals surface area contributed by atoms with E-state index in [1.165, 1.54) is 24.3 Å². The van der Waals surface area contributed by atoms with Crippen LogP contribution >= 0.6 is 0 Å². The van der Waals surface area contributed by atoms with Gasteiger partial charge < -0.3 is 20.0 Å². The van der Waals surface area contributed by atoms with Crippen molar-refractivity contribution in [1.82, 2.24) is 4.90 Å². The van der Waals surface area contributed by atoms with E-state index in [4.69, 9.17) is 0 Å². The van der Waals surface area contributed by atoms with Crippen LogP contribution in [-0.2, 0) is 0 Å². The summed E-state index contributed by atoms with van der Waals surface area (Å²) in [6.07, 6.45) is 1.84. The first kappa shape index (κ1) is 19.4. The minimum Gasteiger partial charge on any atom is -0.368 e. The van der Waals surface area contributed by atoms with Crippen molar-refractivity contribution in [3.8, 4) is 0 Å². The summed E-state index contributed by atoms with van der Waals surface area (Å²) in [7, 11) is 0. The summed E-state index contributed by atoms with van der Waals surface area (Å²) in [6, 6.07) is 8.17. The normalized spacial score (nSPS) is 17.0. The number of benzene rings is 2. The Morgan fingerprint density at radius 3 is 1.97 bits per heavy atom. The van der Waals surface area contributed by atoms with Crippen molar-refractivity contribution in [1.29, 1.82) is 0 Å². The fourth-order valence-corrected chi connectivity index (χ4v) is 3.90. The standard InChI is InChI=1S/C21H23F3N4O/c22-15-3-5-17(6-4-15)26-9-11-28(12-10-26)21(29)25-16-13-18(23)20(19(24)14-16)27-7-1-2-8-27/h3-6,13-14H,1-2,7-12H2,(H,25,29). The van der Waals surface area contributed by atoms with Gasteiger partial charge in [0.15, 0.2) is 11.6 Å². The molecular weight excluding hydrogens is 381 g/mol. The van der Waals surface area contributed by atoms with Gasteiger partial charge in [0.2, 0.25) is 0 Å². The summed E-state index contributed by atoms with van der Waals surface area (Å²) in [6.45, 7) is 3.38.